The molecule has 0 fully saturated rings. The van der Waals surface area contributed by atoms with Crippen molar-refractivity contribution in [2.75, 3.05) is 0 Å². The Morgan fingerprint density at radius 3 is 3.17 bits per heavy atom. The van der Waals surface area contributed by atoms with E-state index in [2.05, 4.69) is 38.0 Å². The second-order valence-corrected chi connectivity index (χ2v) is 3.39. The molecule has 0 aliphatic carbocycles. The number of nitrogens with one attached hydrogen (secondary N) is 1. The molecule has 2 aromatic rings. The number of rotatable bonds is 1. The van der Waals surface area contributed by atoms with E-state index >= 15 is 0 Å². The van der Waals surface area contributed by atoms with Gasteiger partial charge in [0.1, 0.15) is 4.60 Å². The first kappa shape index (κ1) is 7.73. The van der Waals surface area contributed by atoms with Crippen LogP contribution in [0.3, 0.4) is 0 Å². The SMILES string of the molecule is CCc1[nH]nc2cc(Br)ncc12. The Bertz CT molecular complexity index is 408. The van der Waals surface area contributed by atoms with Gasteiger partial charge in [-0.1, -0.05) is 6.92 Å². The number of hydrogen-bond donors (Lipinski definition) is 1. The monoisotopic (exact) mass is 225 g/mol. The minimum Gasteiger partial charge on any atom is -0.281 e. The van der Waals surface area contributed by atoms with Gasteiger partial charge in [-0.05, 0) is 28.4 Å². The molecule has 2 heterocycles. The van der Waals surface area contributed by atoms with E-state index in [1.165, 1.54) is 0 Å². The van der Waals surface area contributed by atoms with Gasteiger partial charge >= 0.3 is 0 Å². The number of aromatic amines is 1. The minimum atomic E-state index is 0.823. The van der Waals surface area contributed by atoms with Crippen LogP contribution < -0.4 is 0 Å². The van der Waals surface area contributed by atoms with Gasteiger partial charge in [0, 0.05) is 17.3 Å². The summed E-state index contributed by atoms with van der Waals surface area (Å²) in [6, 6.07) is 1.91. The van der Waals surface area contributed by atoms with E-state index in [4.69, 9.17) is 0 Å². The maximum absolute atomic E-state index is 4.16. The highest BCUT2D eigenvalue weighted by atomic mass is 79.9. The number of hydrogen-bond acceptors (Lipinski definition) is 2. The quantitative estimate of drug-likeness (QED) is 0.758. The Morgan fingerprint density at radius 2 is 2.42 bits per heavy atom. The van der Waals surface area contributed by atoms with Crippen molar-refractivity contribution in [3.63, 3.8) is 0 Å². The highest BCUT2D eigenvalue weighted by Gasteiger charge is 2.03. The molecule has 0 atom stereocenters. The lowest BCUT2D eigenvalue weighted by Gasteiger charge is -1.91. The Morgan fingerprint density at radius 1 is 1.58 bits per heavy atom. The van der Waals surface area contributed by atoms with E-state index in [1.807, 2.05) is 12.3 Å². The van der Waals surface area contributed by atoms with E-state index in [9.17, 15) is 0 Å². The Balaban J connectivity index is 2.73. The maximum atomic E-state index is 4.16. The first-order valence-electron chi connectivity index (χ1n) is 3.79. The van der Waals surface area contributed by atoms with E-state index in [0.717, 1.165) is 27.6 Å². The zero-order valence-corrected chi connectivity index (χ0v) is 8.22. The van der Waals surface area contributed by atoms with Crippen molar-refractivity contribution in [2.24, 2.45) is 0 Å². The van der Waals surface area contributed by atoms with Crippen LogP contribution in [0, 0.1) is 0 Å². The van der Waals surface area contributed by atoms with Crippen LogP contribution in [0.4, 0.5) is 0 Å². The Labute approximate surface area is 78.3 Å². The molecule has 0 saturated heterocycles. The van der Waals surface area contributed by atoms with Crippen molar-refractivity contribution in [3.05, 3.63) is 22.6 Å². The smallest absolute Gasteiger partial charge is 0.108 e. The Hall–Kier alpha value is -0.900. The van der Waals surface area contributed by atoms with Crippen molar-refractivity contribution >= 4 is 26.8 Å². The molecule has 0 radical (unpaired) electrons. The van der Waals surface area contributed by atoms with Gasteiger partial charge in [0.2, 0.25) is 0 Å². The van der Waals surface area contributed by atoms with Crippen molar-refractivity contribution in [1.82, 2.24) is 15.2 Å². The molecular formula is C8H8BrN3. The number of aromatic nitrogens is 3. The third-order valence-electron chi connectivity index (χ3n) is 1.84. The first-order valence-corrected chi connectivity index (χ1v) is 4.59. The molecule has 4 heteroatoms. The molecule has 0 spiro atoms. The number of halogens is 1. The van der Waals surface area contributed by atoms with Gasteiger partial charge in [0.05, 0.1) is 5.52 Å². The molecule has 0 unspecified atom stereocenters. The lowest BCUT2D eigenvalue weighted by molar-refractivity contribution is 0.988. The molecule has 2 rings (SSSR count). The first-order chi connectivity index (χ1) is 5.81. The fourth-order valence-electron chi connectivity index (χ4n) is 1.20. The molecule has 2 aromatic heterocycles. The standard InChI is InChI=1S/C8H8BrN3/c1-2-6-5-4-10-8(9)3-7(5)12-11-6/h3-4H,2H2,1H3,(H,11,12). The third-order valence-corrected chi connectivity index (χ3v) is 2.27. The molecule has 0 aromatic carbocycles. The van der Waals surface area contributed by atoms with Crippen molar-refractivity contribution in [3.8, 4) is 0 Å². The van der Waals surface area contributed by atoms with Crippen LogP contribution >= 0.6 is 15.9 Å². The molecule has 62 valence electrons. The summed E-state index contributed by atoms with van der Waals surface area (Å²) in [5, 5.41) is 8.25. The van der Waals surface area contributed by atoms with E-state index < -0.39 is 0 Å². The largest absolute Gasteiger partial charge is 0.281 e. The van der Waals surface area contributed by atoms with Crippen molar-refractivity contribution < 1.29 is 0 Å². The van der Waals surface area contributed by atoms with Crippen LogP contribution in [-0.4, -0.2) is 15.2 Å². The second kappa shape index (κ2) is 2.86. The van der Waals surface area contributed by atoms with Gasteiger partial charge in [-0.3, -0.25) is 5.10 Å². The van der Waals surface area contributed by atoms with E-state index in [1.54, 1.807) is 0 Å². The summed E-state index contributed by atoms with van der Waals surface area (Å²) in [7, 11) is 0. The highest BCUT2D eigenvalue weighted by molar-refractivity contribution is 9.10. The van der Waals surface area contributed by atoms with Crippen LogP contribution in [-0.2, 0) is 6.42 Å². The predicted octanol–water partition coefficient (Wildman–Crippen LogP) is 2.28. The molecule has 0 aliphatic heterocycles. The molecular weight excluding hydrogens is 218 g/mol. The molecule has 0 aliphatic rings. The predicted molar refractivity (Wildman–Crippen MR) is 51.0 cm³/mol. The minimum absolute atomic E-state index is 0.823. The summed E-state index contributed by atoms with van der Waals surface area (Å²) in [6.07, 6.45) is 2.79. The van der Waals surface area contributed by atoms with Crippen LogP contribution in [0.2, 0.25) is 0 Å². The topological polar surface area (TPSA) is 41.6 Å². The summed E-state index contributed by atoms with van der Waals surface area (Å²) in [5.74, 6) is 0. The summed E-state index contributed by atoms with van der Waals surface area (Å²) < 4.78 is 0.823. The zero-order chi connectivity index (χ0) is 8.55. The van der Waals surface area contributed by atoms with Gasteiger partial charge in [0.25, 0.3) is 0 Å². The average molecular weight is 226 g/mol. The summed E-state index contributed by atoms with van der Waals surface area (Å²) >= 11 is 3.30. The molecule has 0 bridgehead atoms. The van der Waals surface area contributed by atoms with Crippen LogP contribution in [0.1, 0.15) is 12.6 Å². The summed E-state index contributed by atoms with van der Waals surface area (Å²) in [6.45, 7) is 2.09. The number of H-pyrrole nitrogens is 1. The normalized spacial score (nSPS) is 10.8. The summed E-state index contributed by atoms with van der Waals surface area (Å²) in [4.78, 5) is 4.14. The van der Waals surface area contributed by atoms with E-state index in [-0.39, 0.29) is 0 Å². The fraction of sp³-hybridized carbons (Fsp3) is 0.250. The van der Waals surface area contributed by atoms with Gasteiger partial charge in [-0.15, -0.1) is 0 Å². The van der Waals surface area contributed by atoms with Crippen molar-refractivity contribution in [1.29, 1.82) is 0 Å². The van der Waals surface area contributed by atoms with E-state index in [0.29, 0.717) is 0 Å². The molecule has 0 amide bonds. The zero-order valence-electron chi connectivity index (χ0n) is 6.63. The fourth-order valence-corrected chi connectivity index (χ4v) is 1.52. The van der Waals surface area contributed by atoms with Gasteiger partial charge in [-0.25, -0.2) is 4.98 Å². The summed E-state index contributed by atoms with van der Waals surface area (Å²) in [5.41, 5.74) is 2.11. The molecule has 1 N–H and O–H groups in total. The number of fused-ring (bicyclic) bond motifs is 1. The molecule has 12 heavy (non-hydrogen) atoms. The lowest BCUT2D eigenvalue weighted by atomic mass is 10.2. The second-order valence-electron chi connectivity index (χ2n) is 2.58. The molecule has 3 nitrogen and oxygen atoms in total. The van der Waals surface area contributed by atoms with Crippen LogP contribution in [0.15, 0.2) is 16.9 Å². The highest BCUT2D eigenvalue weighted by Crippen LogP contribution is 2.17. The van der Waals surface area contributed by atoms with Crippen LogP contribution in [0.25, 0.3) is 10.9 Å². The molecule has 0 saturated carbocycles. The lowest BCUT2D eigenvalue weighted by Crippen LogP contribution is -1.80. The van der Waals surface area contributed by atoms with Gasteiger partial charge < -0.3 is 0 Å². The van der Waals surface area contributed by atoms with Gasteiger partial charge in [0.15, 0.2) is 0 Å². The van der Waals surface area contributed by atoms with Crippen molar-refractivity contribution in [2.45, 2.75) is 13.3 Å². The van der Waals surface area contributed by atoms with Gasteiger partial charge in [-0.2, -0.15) is 5.10 Å². The number of nitrogens with zero attached hydrogens (tertiary/aromatic N) is 2. The van der Waals surface area contributed by atoms with Crippen LogP contribution in [0.5, 0.6) is 0 Å². The third kappa shape index (κ3) is 1.12. The number of aryl methyl sites for hydroxylation is 1. The Kier molecular flexibility index (Phi) is 1.84. The maximum Gasteiger partial charge on any atom is 0.108 e. The number of pyridine rings is 1. The average Bonchev–Trinajstić information content (AvgIpc) is 2.46.